The number of imide groups is 1. The van der Waals surface area contributed by atoms with Crippen LogP contribution in [0.5, 0.6) is 0 Å². The summed E-state index contributed by atoms with van der Waals surface area (Å²) in [6, 6.07) is 0. The first kappa shape index (κ1) is 14.1. The minimum atomic E-state index is -0.492. The summed E-state index contributed by atoms with van der Waals surface area (Å²) < 4.78 is 0. The lowest BCUT2D eigenvalue weighted by molar-refractivity contribution is -0.141. The smallest absolute Gasteiger partial charge is 0.254 e. The van der Waals surface area contributed by atoms with Gasteiger partial charge in [-0.05, 0) is 0 Å². The Morgan fingerprint density at radius 1 is 1.22 bits per heavy atom. The van der Waals surface area contributed by atoms with Gasteiger partial charge in [-0.2, -0.15) is 0 Å². The van der Waals surface area contributed by atoms with Crippen LogP contribution in [-0.4, -0.2) is 41.5 Å². The molecular formula is C12H16N2O4. The lowest BCUT2D eigenvalue weighted by Gasteiger charge is -2.13. The van der Waals surface area contributed by atoms with Gasteiger partial charge in [0.2, 0.25) is 5.91 Å². The molecule has 0 aromatic heterocycles. The van der Waals surface area contributed by atoms with Crippen LogP contribution in [0.15, 0.2) is 12.2 Å². The van der Waals surface area contributed by atoms with E-state index in [1.807, 2.05) is 0 Å². The average molecular weight is 252 g/mol. The normalized spacial score (nSPS) is 14.5. The van der Waals surface area contributed by atoms with Gasteiger partial charge in [0.15, 0.2) is 0 Å². The lowest BCUT2D eigenvalue weighted by atomic mass is 10.1. The predicted molar refractivity (Wildman–Crippen MR) is 63.3 cm³/mol. The lowest BCUT2D eigenvalue weighted by Crippen LogP contribution is -2.41. The molecule has 98 valence electrons. The minimum Gasteiger partial charge on any atom is -0.354 e. The molecule has 0 aromatic carbocycles. The first-order chi connectivity index (χ1) is 8.41. The van der Waals surface area contributed by atoms with E-state index in [-0.39, 0.29) is 31.2 Å². The molecule has 0 bridgehead atoms. The highest BCUT2D eigenvalue weighted by atomic mass is 16.2. The molecular weight excluding hydrogens is 236 g/mol. The molecule has 0 aliphatic carbocycles. The number of nitrogens with zero attached hydrogens (tertiary/aromatic N) is 1. The third-order valence-corrected chi connectivity index (χ3v) is 2.54. The van der Waals surface area contributed by atoms with Crippen molar-refractivity contribution in [2.75, 3.05) is 13.1 Å². The van der Waals surface area contributed by atoms with Crippen LogP contribution >= 0.6 is 0 Å². The van der Waals surface area contributed by atoms with Gasteiger partial charge in [0.1, 0.15) is 12.3 Å². The Labute approximate surface area is 105 Å². The summed E-state index contributed by atoms with van der Waals surface area (Å²) in [5, 5.41) is 2.50. The molecule has 0 saturated heterocycles. The summed E-state index contributed by atoms with van der Waals surface area (Å²) in [6.07, 6.45) is 2.50. The maximum absolute atomic E-state index is 11.4. The van der Waals surface area contributed by atoms with E-state index in [9.17, 15) is 19.2 Å². The highest BCUT2D eigenvalue weighted by molar-refractivity contribution is 6.14. The van der Waals surface area contributed by atoms with Crippen molar-refractivity contribution in [3.05, 3.63) is 12.2 Å². The second-order valence-electron chi connectivity index (χ2n) is 4.32. The standard InChI is InChI=1S/C12H16N2O4/c1-8(2)9(15)5-6-13-10(16)7-14-11(17)3-4-12(14)18/h3-4,8H,5-7H2,1-2H3,(H,13,16). The van der Waals surface area contributed by atoms with E-state index < -0.39 is 17.7 Å². The second-order valence-corrected chi connectivity index (χ2v) is 4.32. The number of amides is 3. The molecule has 1 N–H and O–H groups in total. The predicted octanol–water partition coefficient (Wildman–Crippen LogP) is -0.357. The van der Waals surface area contributed by atoms with Crippen molar-refractivity contribution in [3.63, 3.8) is 0 Å². The van der Waals surface area contributed by atoms with Gasteiger partial charge in [-0.25, -0.2) is 0 Å². The third-order valence-electron chi connectivity index (χ3n) is 2.54. The Morgan fingerprint density at radius 2 is 1.78 bits per heavy atom. The van der Waals surface area contributed by atoms with E-state index in [1.165, 1.54) is 0 Å². The number of nitrogens with one attached hydrogen (secondary N) is 1. The fourth-order valence-electron chi connectivity index (χ4n) is 1.40. The first-order valence-corrected chi connectivity index (χ1v) is 5.74. The van der Waals surface area contributed by atoms with Gasteiger partial charge >= 0.3 is 0 Å². The summed E-state index contributed by atoms with van der Waals surface area (Å²) in [5.74, 6) is -1.43. The third kappa shape index (κ3) is 3.80. The van der Waals surface area contributed by atoms with Crippen molar-refractivity contribution in [2.45, 2.75) is 20.3 Å². The Hall–Kier alpha value is -1.98. The van der Waals surface area contributed by atoms with Crippen molar-refractivity contribution in [1.29, 1.82) is 0 Å². The number of hydrogen-bond donors (Lipinski definition) is 1. The monoisotopic (exact) mass is 252 g/mol. The summed E-state index contributed by atoms with van der Waals surface area (Å²) in [4.78, 5) is 45.9. The van der Waals surface area contributed by atoms with Gasteiger partial charge in [0.05, 0.1) is 0 Å². The van der Waals surface area contributed by atoms with Crippen LogP contribution in [0.4, 0.5) is 0 Å². The molecule has 0 radical (unpaired) electrons. The van der Waals surface area contributed by atoms with Crippen LogP contribution in [0.3, 0.4) is 0 Å². The molecule has 6 heteroatoms. The maximum Gasteiger partial charge on any atom is 0.254 e. The molecule has 0 saturated carbocycles. The molecule has 0 unspecified atom stereocenters. The number of rotatable bonds is 6. The van der Waals surface area contributed by atoms with Crippen molar-refractivity contribution >= 4 is 23.5 Å². The van der Waals surface area contributed by atoms with Crippen LogP contribution in [0, 0.1) is 5.92 Å². The van der Waals surface area contributed by atoms with Crippen molar-refractivity contribution < 1.29 is 19.2 Å². The zero-order chi connectivity index (χ0) is 13.7. The Balaban J connectivity index is 2.28. The fraction of sp³-hybridized carbons (Fsp3) is 0.500. The highest BCUT2D eigenvalue weighted by Crippen LogP contribution is 2.02. The second kappa shape index (κ2) is 6.09. The van der Waals surface area contributed by atoms with E-state index in [0.29, 0.717) is 0 Å². The number of carbonyl (C=O) groups is 4. The summed E-state index contributed by atoms with van der Waals surface area (Å²) in [7, 11) is 0. The van der Waals surface area contributed by atoms with Gasteiger partial charge in [0, 0.05) is 31.0 Å². The molecule has 0 fully saturated rings. The molecule has 1 aliphatic rings. The average Bonchev–Trinajstić information content (AvgIpc) is 2.60. The number of ketones is 1. The zero-order valence-corrected chi connectivity index (χ0v) is 10.4. The van der Waals surface area contributed by atoms with Crippen LogP contribution in [0.25, 0.3) is 0 Å². The molecule has 0 aromatic rings. The summed E-state index contributed by atoms with van der Waals surface area (Å²) in [6.45, 7) is 3.49. The molecule has 1 heterocycles. The highest BCUT2D eigenvalue weighted by Gasteiger charge is 2.25. The molecule has 6 nitrogen and oxygen atoms in total. The van der Waals surface area contributed by atoms with Crippen molar-refractivity contribution in [3.8, 4) is 0 Å². The first-order valence-electron chi connectivity index (χ1n) is 5.74. The molecule has 0 spiro atoms. The van der Waals surface area contributed by atoms with Gasteiger partial charge in [0.25, 0.3) is 11.8 Å². The van der Waals surface area contributed by atoms with Crippen LogP contribution in [0.2, 0.25) is 0 Å². The zero-order valence-electron chi connectivity index (χ0n) is 10.4. The quantitative estimate of drug-likeness (QED) is 0.654. The van der Waals surface area contributed by atoms with Gasteiger partial charge in [-0.3, -0.25) is 24.1 Å². The minimum absolute atomic E-state index is 0.0605. The largest absolute Gasteiger partial charge is 0.354 e. The van der Waals surface area contributed by atoms with E-state index in [0.717, 1.165) is 17.1 Å². The fourth-order valence-corrected chi connectivity index (χ4v) is 1.40. The van der Waals surface area contributed by atoms with Gasteiger partial charge in [-0.15, -0.1) is 0 Å². The summed E-state index contributed by atoms with van der Waals surface area (Å²) in [5.41, 5.74) is 0. The Morgan fingerprint density at radius 3 is 2.28 bits per heavy atom. The molecule has 1 rings (SSSR count). The molecule has 1 aliphatic heterocycles. The summed E-state index contributed by atoms with van der Waals surface area (Å²) >= 11 is 0. The SMILES string of the molecule is CC(C)C(=O)CCNC(=O)CN1C(=O)C=CC1=O. The molecule has 18 heavy (non-hydrogen) atoms. The van der Waals surface area contributed by atoms with Crippen LogP contribution in [0.1, 0.15) is 20.3 Å². The number of hydrogen-bond acceptors (Lipinski definition) is 4. The van der Waals surface area contributed by atoms with E-state index in [1.54, 1.807) is 13.8 Å². The van der Waals surface area contributed by atoms with E-state index >= 15 is 0 Å². The number of Topliss-reactive ketones (excluding diaryl/α,β-unsaturated/α-hetero) is 1. The maximum atomic E-state index is 11.4. The number of carbonyl (C=O) groups excluding carboxylic acids is 4. The van der Waals surface area contributed by atoms with Crippen LogP contribution in [-0.2, 0) is 19.2 Å². The van der Waals surface area contributed by atoms with Crippen molar-refractivity contribution in [1.82, 2.24) is 10.2 Å². The topological polar surface area (TPSA) is 83.6 Å². The molecule has 3 amide bonds. The Kier molecular flexibility index (Phi) is 4.76. The van der Waals surface area contributed by atoms with E-state index in [2.05, 4.69) is 5.32 Å². The van der Waals surface area contributed by atoms with Gasteiger partial charge in [-0.1, -0.05) is 13.8 Å². The van der Waals surface area contributed by atoms with Crippen LogP contribution < -0.4 is 5.32 Å². The van der Waals surface area contributed by atoms with Crippen molar-refractivity contribution in [2.24, 2.45) is 5.92 Å². The molecule has 0 atom stereocenters. The van der Waals surface area contributed by atoms with Gasteiger partial charge < -0.3 is 5.32 Å². The Bertz CT molecular complexity index is 394. The van der Waals surface area contributed by atoms with E-state index in [4.69, 9.17) is 0 Å².